The van der Waals surface area contributed by atoms with Gasteiger partial charge in [-0.05, 0) is 43.4 Å². The van der Waals surface area contributed by atoms with Crippen molar-refractivity contribution in [2.45, 2.75) is 39.2 Å². The Bertz CT molecular complexity index is 558. The van der Waals surface area contributed by atoms with Crippen molar-refractivity contribution in [1.29, 1.82) is 0 Å². The van der Waals surface area contributed by atoms with E-state index in [0.717, 1.165) is 12.8 Å². The molecular formula is C16H20ClNO3. The van der Waals surface area contributed by atoms with E-state index in [1.165, 1.54) is 4.90 Å². The summed E-state index contributed by atoms with van der Waals surface area (Å²) in [7, 11) is 0. The van der Waals surface area contributed by atoms with E-state index in [9.17, 15) is 14.7 Å². The Morgan fingerprint density at radius 2 is 2.14 bits per heavy atom. The van der Waals surface area contributed by atoms with Crippen molar-refractivity contribution in [3.8, 4) is 0 Å². The van der Waals surface area contributed by atoms with Crippen LogP contribution in [0.2, 0.25) is 5.02 Å². The summed E-state index contributed by atoms with van der Waals surface area (Å²) in [5.41, 5.74) is 1.19. The quantitative estimate of drug-likeness (QED) is 0.931. The van der Waals surface area contributed by atoms with Crippen LogP contribution in [0.3, 0.4) is 0 Å². The van der Waals surface area contributed by atoms with E-state index in [4.69, 9.17) is 11.6 Å². The molecule has 2 rings (SSSR count). The molecule has 1 aromatic carbocycles. The molecule has 1 fully saturated rings. The molecule has 2 unspecified atom stereocenters. The summed E-state index contributed by atoms with van der Waals surface area (Å²) in [6.07, 6.45) is 2.32. The molecule has 0 spiro atoms. The van der Waals surface area contributed by atoms with E-state index in [-0.39, 0.29) is 5.91 Å². The Balaban J connectivity index is 2.28. The maximum absolute atomic E-state index is 12.7. The lowest BCUT2D eigenvalue weighted by Crippen LogP contribution is -2.50. The second kappa shape index (κ2) is 6.48. The van der Waals surface area contributed by atoms with Gasteiger partial charge in [0.25, 0.3) is 5.91 Å². The lowest BCUT2D eigenvalue weighted by atomic mass is 9.88. The summed E-state index contributed by atoms with van der Waals surface area (Å²) < 4.78 is 0. The van der Waals surface area contributed by atoms with Crippen LogP contribution in [-0.2, 0) is 4.79 Å². The fourth-order valence-corrected chi connectivity index (χ4v) is 3.05. The number of halogens is 1. The Kier molecular flexibility index (Phi) is 4.88. The molecule has 1 aromatic rings. The molecule has 0 aliphatic carbocycles. The zero-order chi connectivity index (χ0) is 15.6. The molecule has 1 aliphatic rings. The van der Waals surface area contributed by atoms with Crippen LogP contribution in [0.5, 0.6) is 0 Å². The minimum Gasteiger partial charge on any atom is -0.480 e. The number of benzene rings is 1. The standard InChI is InChI=1S/C16H20ClNO3/c1-3-11-7-8-18(14(9-11)16(20)21)15(19)12-5-4-6-13(17)10(12)2/h4-6,11,14H,3,7-9H2,1-2H3,(H,20,21). The van der Waals surface area contributed by atoms with E-state index in [0.29, 0.717) is 35.0 Å². The first-order chi connectivity index (χ1) is 9.95. The first kappa shape index (κ1) is 15.8. The highest BCUT2D eigenvalue weighted by Gasteiger charge is 2.36. The van der Waals surface area contributed by atoms with Crippen molar-refractivity contribution in [3.05, 3.63) is 34.3 Å². The maximum atomic E-state index is 12.7. The number of hydrogen-bond donors (Lipinski definition) is 1. The second-order valence-electron chi connectivity index (χ2n) is 5.56. The molecular weight excluding hydrogens is 290 g/mol. The van der Waals surface area contributed by atoms with Crippen molar-refractivity contribution < 1.29 is 14.7 Å². The minimum atomic E-state index is -0.929. The molecule has 1 N–H and O–H groups in total. The number of carbonyl (C=O) groups is 2. The predicted molar refractivity (Wildman–Crippen MR) is 81.7 cm³/mol. The van der Waals surface area contributed by atoms with Gasteiger partial charge in [-0.3, -0.25) is 4.79 Å². The zero-order valence-electron chi connectivity index (χ0n) is 12.3. The Labute approximate surface area is 129 Å². The van der Waals surface area contributed by atoms with Crippen LogP contribution in [0.25, 0.3) is 0 Å². The van der Waals surface area contributed by atoms with Crippen LogP contribution < -0.4 is 0 Å². The van der Waals surface area contributed by atoms with Gasteiger partial charge >= 0.3 is 5.97 Å². The van der Waals surface area contributed by atoms with Crippen LogP contribution in [0.4, 0.5) is 0 Å². The number of nitrogens with zero attached hydrogens (tertiary/aromatic N) is 1. The van der Waals surface area contributed by atoms with Gasteiger partial charge < -0.3 is 10.0 Å². The summed E-state index contributed by atoms with van der Waals surface area (Å²) in [5, 5.41) is 9.95. The SMILES string of the molecule is CCC1CCN(C(=O)c2cccc(Cl)c2C)C(C(=O)O)C1. The fraction of sp³-hybridized carbons (Fsp3) is 0.500. The van der Waals surface area contributed by atoms with Crippen molar-refractivity contribution in [1.82, 2.24) is 4.90 Å². The largest absolute Gasteiger partial charge is 0.480 e. The van der Waals surface area contributed by atoms with Crippen molar-refractivity contribution in [3.63, 3.8) is 0 Å². The topological polar surface area (TPSA) is 57.6 Å². The molecule has 2 atom stereocenters. The van der Waals surface area contributed by atoms with Crippen LogP contribution in [0.1, 0.15) is 42.1 Å². The summed E-state index contributed by atoms with van der Waals surface area (Å²) in [5.74, 6) is -0.797. The zero-order valence-corrected chi connectivity index (χ0v) is 13.1. The van der Waals surface area contributed by atoms with Crippen LogP contribution in [0.15, 0.2) is 18.2 Å². The summed E-state index contributed by atoms with van der Waals surface area (Å²) in [6, 6.07) is 4.41. The third-order valence-corrected chi connectivity index (χ3v) is 4.74. The van der Waals surface area contributed by atoms with Gasteiger partial charge in [-0.1, -0.05) is 31.0 Å². The molecule has 1 aliphatic heterocycles. The van der Waals surface area contributed by atoms with Crippen molar-refractivity contribution in [2.75, 3.05) is 6.54 Å². The van der Waals surface area contributed by atoms with E-state index in [2.05, 4.69) is 6.92 Å². The molecule has 114 valence electrons. The monoisotopic (exact) mass is 309 g/mol. The van der Waals surface area contributed by atoms with E-state index < -0.39 is 12.0 Å². The molecule has 0 aromatic heterocycles. The van der Waals surface area contributed by atoms with Crippen LogP contribution >= 0.6 is 11.6 Å². The van der Waals surface area contributed by atoms with Gasteiger partial charge in [0.05, 0.1) is 0 Å². The number of piperidine rings is 1. The van der Waals surface area contributed by atoms with Gasteiger partial charge in [0.1, 0.15) is 6.04 Å². The van der Waals surface area contributed by atoms with Gasteiger partial charge in [0, 0.05) is 17.1 Å². The average Bonchev–Trinajstić information content (AvgIpc) is 2.48. The molecule has 21 heavy (non-hydrogen) atoms. The smallest absolute Gasteiger partial charge is 0.326 e. The maximum Gasteiger partial charge on any atom is 0.326 e. The lowest BCUT2D eigenvalue weighted by molar-refractivity contribution is -0.144. The first-order valence-corrected chi connectivity index (χ1v) is 7.62. The number of rotatable bonds is 3. The van der Waals surface area contributed by atoms with Crippen molar-refractivity contribution >= 4 is 23.5 Å². The van der Waals surface area contributed by atoms with E-state index in [1.54, 1.807) is 25.1 Å². The molecule has 1 heterocycles. The number of likely N-dealkylation sites (tertiary alicyclic amines) is 1. The number of amides is 1. The van der Waals surface area contributed by atoms with E-state index >= 15 is 0 Å². The predicted octanol–water partition coefficient (Wildman–Crippen LogP) is 3.36. The number of carboxylic acid groups (broad SMARTS) is 1. The number of carboxylic acids is 1. The average molecular weight is 310 g/mol. The highest BCUT2D eigenvalue weighted by atomic mass is 35.5. The molecule has 0 radical (unpaired) electrons. The normalized spacial score (nSPS) is 22.1. The molecule has 4 nitrogen and oxygen atoms in total. The van der Waals surface area contributed by atoms with Crippen LogP contribution in [-0.4, -0.2) is 34.5 Å². The number of hydrogen-bond acceptors (Lipinski definition) is 2. The molecule has 5 heteroatoms. The third kappa shape index (κ3) is 3.21. The molecule has 0 saturated carbocycles. The van der Waals surface area contributed by atoms with Gasteiger partial charge in [-0.15, -0.1) is 0 Å². The second-order valence-corrected chi connectivity index (χ2v) is 5.97. The Hall–Kier alpha value is -1.55. The Morgan fingerprint density at radius 1 is 1.43 bits per heavy atom. The van der Waals surface area contributed by atoms with Gasteiger partial charge in [0.15, 0.2) is 0 Å². The fourth-order valence-electron chi connectivity index (χ4n) is 2.88. The molecule has 1 amide bonds. The lowest BCUT2D eigenvalue weighted by Gasteiger charge is -2.37. The summed E-state index contributed by atoms with van der Waals surface area (Å²) in [4.78, 5) is 25.7. The van der Waals surface area contributed by atoms with Gasteiger partial charge in [0.2, 0.25) is 0 Å². The highest BCUT2D eigenvalue weighted by Crippen LogP contribution is 2.28. The molecule has 0 bridgehead atoms. The minimum absolute atomic E-state index is 0.239. The van der Waals surface area contributed by atoms with E-state index in [1.807, 2.05) is 0 Å². The summed E-state index contributed by atoms with van der Waals surface area (Å²) >= 11 is 6.05. The van der Waals surface area contributed by atoms with Gasteiger partial charge in [-0.2, -0.15) is 0 Å². The molecule has 1 saturated heterocycles. The third-order valence-electron chi connectivity index (χ3n) is 4.33. The van der Waals surface area contributed by atoms with Gasteiger partial charge in [-0.25, -0.2) is 4.79 Å². The highest BCUT2D eigenvalue weighted by molar-refractivity contribution is 6.31. The van der Waals surface area contributed by atoms with Crippen molar-refractivity contribution in [2.24, 2.45) is 5.92 Å². The number of aliphatic carboxylic acids is 1. The Morgan fingerprint density at radius 3 is 2.76 bits per heavy atom. The van der Waals surface area contributed by atoms with Crippen LogP contribution in [0, 0.1) is 12.8 Å². The first-order valence-electron chi connectivity index (χ1n) is 7.24. The number of carbonyl (C=O) groups excluding carboxylic acids is 1. The summed E-state index contributed by atoms with van der Waals surface area (Å²) in [6.45, 7) is 4.33.